The lowest BCUT2D eigenvalue weighted by Gasteiger charge is -2.24. The second-order valence-corrected chi connectivity index (χ2v) is 4.81. The molecule has 3 nitrogen and oxygen atoms in total. The van der Waals surface area contributed by atoms with Gasteiger partial charge in [-0.1, -0.05) is 12.5 Å². The van der Waals surface area contributed by atoms with Gasteiger partial charge < -0.3 is 5.73 Å². The largest absolute Gasteiger partial charge is 0.385 e. The zero-order valence-electron chi connectivity index (χ0n) is 8.28. The highest BCUT2D eigenvalue weighted by molar-refractivity contribution is 9.10. The molecule has 0 bridgehead atoms. The SMILES string of the molecule is Nc1cccc2c(Br)nc(C3CCC3)n12. The molecule has 78 valence electrons. The van der Waals surface area contributed by atoms with E-state index >= 15 is 0 Å². The second kappa shape index (κ2) is 3.23. The summed E-state index contributed by atoms with van der Waals surface area (Å²) in [5.74, 6) is 2.47. The normalized spacial score (nSPS) is 16.9. The lowest BCUT2D eigenvalue weighted by atomic mass is 9.85. The van der Waals surface area contributed by atoms with E-state index < -0.39 is 0 Å². The van der Waals surface area contributed by atoms with Crippen LogP contribution in [-0.2, 0) is 0 Å². The summed E-state index contributed by atoms with van der Waals surface area (Å²) < 4.78 is 2.96. The Hall–Kier alpha value is -1.03. The fraction of sp³-hybridized carbons (Fsp3) is 0.364. The van der Waals surface area contributed by atoms with E-state index in [0.717, 1.165) is 21.8 Å². The fourth-order valence-electron chi connectivity index (χ4n) is 2.09. The minimum atomic E-state index is 0.591. The van der Waals surface area contributed by atoms with Gasteiger partial charge in [0.05, 0.1) is 5.52 Å². The van der Waals surface area contributed by atoms with Crippen LogP contribution in [0.1, 0.15) is 31.0 Å². The van der Waals surface area contributed by atoms with Gasteiger partial charge in [0.1, 0.15) is 16.2 Å². The molecule has 2 aromatic rings. The van der Waals surface area contributed by atoms with Crippen LogP contribution in [0.3, 0.4) is 0 Å². The van der Waals surface area contributed by atoms with Gasteiger partial charge in [-0.05, 0) is 40.9 Å². The third kappa shape index (κ3) is 1.28. The Balaban J connectivity index is 2.29. The molecule has 2 heterocycles. The van der Waals surface area contributed by atoms with Crippen LogP contribution in [0, 0.1) is 0 Å². The third-order valence-electron chi connectivity index (χ3n) is 3.14. The van der Waals surface area contributed by atoms with Crippen molar-refractivity contribution in [1.29, 1.82) is 0 Å². The zero-order valence-corrected chi connectivity index (χ0v) is 9.87. The summed E-state index contributed by atoms with van der Waals surface area (Å²) in [6.07, 6.45) is 3.78. The molecule has 4 heteroatoms. The molecular weight excluding hydrogens is 254 g/mol. The lowest BCUT2D eigenvalue weighted by molar-refractivity contribution is 0.400. The maximum absolute atomic E-state index is 5.99. The minimum absolute atomic E-state index is 0.591. The summed E-state index contributed by atoms with van der Waals surface area (Å²) in [6.45, 7) is 0. The summed E-state index contributed by atoms with van der Waals surface area (Å²) in [6, 6.07) is 5.92. The van der Waals surface area contributed by atoms with Crippen LogP contribution in [0.4, 0.5) is 5.82 Å². The number of aromatic nitrogens is 2. The van der Waals surface area contributed by atoms with E-state index in [2.05, 4.69) is 25.3 Å². The Labute approximate surface area is 96.4 Å². The summed E-state index contributed by atoms with van der Waals surface area (Å²) >= 11 is 3.49. The molecule has 15 heavy (non-hydrogen) atoms. The predicted molar refractivity (Wildman–Crippen MR) is 63.9 cm³/mol. The van der Waals surface area contributed by atoms with Crippen LogP contribution in [0.25, 0.3) is 5.52 Å². The first-order valence-corrected chi connectivity index (χ1v) is 5.99. The van der Waals surface area contributed by atoms with Crippen LogP contribution >= 0.6 is 15.9 Å². The Morgan fingerprint density at radius 2 is 2.20 bits per heavy atom. The van der Waals surface area contributed by atoms with Crippen molar-refractivity contribution in [2.75, 3.05) is 5.73 Å². The molecule has 1 aliphatic carbocycles. The summed E-state index contributed by atoms with van der Waals surface area (Å²) in [5, 5.41) is 0. The first kappa shape index (κ1) is 9.21. The highest BCUT2D eigenvalue weighted by Crippen LogP contribution is 2.38. The quantitative estimate of drug-likeness (QED) is 0.862. The zero-order chi connectivity index (χ0) is 10.4. The van der Waals surface area contributed by atoms with Gasteiger partial charge in [-0.3, -0.25) is 4.40 Å². The molecule has 1 saturated carbocycles. The van der Waals surface area contributed by atoms with Gasteiger partial charge in [0, 0.05) is 5.92 Å². The van der Waals surface area contributed by atoms with Gasteiger partial charge >= 0.3 is 0 Å². The average Bonchev–Trinajstić information content (AvgIpc) is 2.43. The summed E-state index contributed by atoms with van der Waals surface area (Å²) in [7, 11) is 0. The molecule has 1 aliphatic rings. The molecule has 2 N–H and O–H groups in total. The van der Waals surface area contributed by atoms with Crippen LogP contribution in [0.5, 0.6) is 0 Å². The second-order valence-electron chi connectivity index (χ2n) is 4.06. The van der Waals surface area contributed by atoms with Gasteiger partial charge in [0.15, 0.2) is 0 Å². The predicted octanol–water partition coefficient (Wildman–Crippen LogP) is 2.95. The third-order valence-corrected chi connectivity index (χ3v) is 3.73. The number of nitrogens with zero attached hydrogens (tertiary/aromatic N) is 2. The number of rotatable bonds is 1. The molecule has 0 aromatic carbocycles. The number of nitrogens with two attached hydrogens (primary N) is 1. The number of hydrogen-bond acceptors (Lipinski definition) is 2. The molecule has 2 aromatic heterocycles. The number of hydrogen-bond donors (Lipinski definition) is 1. The first-order valence-electron chi connectivity index (χ1n) is 5.19. The Bertz CT molecular complexity index is 514. The highest BCUT2D eigenvalue weighted by Gasteiger charge is 2.25. The maximum Gasteiger partial charge on any atom is 0.132 e. The first-order chi connectivity index (χ1) is 7.27. The number of imidazole rings is 1. The van der Waals surface area contributed by atoms with Crippen molar-refractivity contribution in [3.05, 3.63) is 28.6 Å². The molecule has 0 radical (unpaired) electrons. The van der Waals surface area contributed by atoms with Crippen LogP contribution in [-0.4, -0.2) is 9.38 Å². The van der Waals surface area contributed by atoms with Crippen molar-refractivity contribution < 1.29 is 0 Å². The molecule has 0 amide bonds. The number of halogens is 1. The summed E-state index contributed by atoms with van der Waals surface area (Å²) in [5.41, 5.74) is 7.06. The molecule has 0 unspecified atom stereocenters. The monoisotopic (exact) mass is 265 g/mol. The summed E-state index contributed by atoms with van der Waals surface area (Å²) in [4.78, 5) is 4.57. The number of anilines is 1. The van der Waals surface area contributed by atoms with Gasteiger partial charge in [-0.25, -0.2) is 4.98 Å². The molecule has 0 atom stereocenters. The Morgan fingerprint density at radius 1 is 1.40 bits per heavy atom. The number of pyridine rings is 1. The van der Waals surface area contributed by atoms with Crippen molar-refractivity contribution in [3.63, 3.8) is 0 Å². The van der Waals surface area contributed by atoms with E-state index in [-0.39, 0.29) is 0 Å². The lowest BCUT2D eigenvalue weighted by Crippen LogP contribution is -2.13. The Kier molecular flexibility index (Phi) is 1.99. The molecule has 1 fully saturated rings. The van der Waals surface area contributed by atoms with Crippen molar-refractivity contribution in [3.8, 4) is 0 Å². The molecule has 3 rings (SSSR count). The van der Waals surface area contributed by atoms with Gasteiger partial charge in [0.25, 0.3) is 0 Å². The minimum Gasteiger partial charge on any atom is -0.385 e. The van der Waals surface area contributed by atoms with Crippen molar-refractivity contribution in [2.24, 2.45) is 0 Å². The van der Waals surface area contributed by atoms with Crippen molar-refractivity contribution in [2.45, 2.75) is 25.2 Å². The molecular formula is C11H12BrN3. The average molecular weight is 266 g/mol. The van der Waals surface area contributed by atoms with Gasteiger partial charge in [0.2, 0.25) is 0 Å². The van der Waals surface area contributed by atoms with Crippen molar-refractivity contribution >= 4 is 27.3 Å². The number of nitrogen functional groups attached to an aromatic ring is 1. The smallest absolute Gasteiger partial charge is 0.132 e. The van der Waals surface area contributed by atoms with Crippen LogP contribution < -0.4 is 5.73 Å². The Morgan fingerprint density at radius 3 is 2.87 bits per heavy atom. The highest BCUT2D eigenvalue weighted by atomic mass is 79.9. The van der Waals surface area contributed by atoms with Gasteiger partial charge in [-0.15, -0.1) is 0 Å². The van der Waals surface area contributed by atoms with E-state index in [1.165, 1.54) is 19.3 Å². The fourth-order valence-corrected chi connectivity index (χ4v) is 2.58. The van der Waals surface area contributed by atoms with Crippen LogP contribution in [0.2, 0.25) is 0 Å². The van der Waals surface area contributed by atoms with E-state index in [4.69, 9.17) is 5.73 Å². The standard InChI is InChI=1S/C11H12BrN3/c12-10-8-5-2-6-9(13)15(8)11(14-10)7-3-1-4-7/h2,5-7H,1,3-4,13H2. The van der Waals surface area contributed by atoms with E-state index in [0.29, 0.717) is 5.92 Å². The topological polar surface area (TPSA) is 43.3 Å². The van der Waals surface area contributed by atoms with Crippen molar-refractivity contribution in [1.82, 2.24) is 9.38 Å². The maximum atomic E-state index is 5.99. The van der Waals surface area contributed by atoms with Crippen LogP contribution in [0.15, 0.2) is 22.8 Å². The molecule has 0 aliphatic heterocycles. The molecule has 0 saturated heterocycles. The number of fused-ring (bicyclic) bond motifs is 1. The van der Waals surface area contributed by atoms with Gasteiger partial charge in [-0.2, -0.15) is 0 Å². The van der Waals surface area contributed by atoms with E-state index in [1.807, 2.05) is 18.2 Å². The van der Waals surface area contributed by atoms with E-state index in [9.17, 15) is 0 Å². The molecule has 0 spiro atoms. The van der Waals surface area contributed by atoms with E-state index in [1.54, 1.807) is 0 Å².